The van der Waals surface area contributed by atoms with Crippen LogP contribution >= 0.6 is 0 Å². The number of para-hydroxylation sites is 2. The summed E-state index contributed by atoms with van der Waals surface area (Å²) >= 11 is 0. The molecule has 0 saturated heterocycles. The van der Waals surface area contributed by atoms with Crippen LogP contribution in [0, 0.1) is 13.8 Å². The standard InChI is InChI=1S/C18H22N2O2/c1-13-7-6-9-15(14(13)2)19-12-11-18(21)20-16-8-4-5-10-17(16)22-3/h4-10,19H,11-12H2,1-3H3,(H,20,21). The molecule has 2 rings (SSSR count). The second kappa shape index (κ2) is 7.50. The van der Waals surface area contributed by atoms with Crippen molar-refractivity contribution in [3.05, 3.63) is 53.6 Å². The average molecular weight is 298 g/mol. The highest BCUT2D eigenvalue weighted by Crippen LogP contribution is 2.23. The van der Waals surface area contributed by atoms with Gasteiger partial charge in [0.2, 0.25) is 5.91 Å². The second-order valence-corrected chi connectivity index (χ2v) is 5.17. The third kappa shape index (κ3) is 4.01. The van der Waals surface area contributed by atoms with Gasteiger partial charge in [-0.25, -0.2) is 0 Å². The molecule has 2 N–H and O–H groups in total. The van der Waals surface area contributed by atoms with Gasteiger partial charge in [0.25, 0.3) is 0 Å². The highest BCUT2D eigenvalue weighted by Gasteiger charge is 2.07. The summed E-state index contributed by atoms with van der Waals surface area (Å²) in [5.41, 5.74) is 4.22. The molecular formula is C18H22N2O2. The fraction of sp³-hybridized carbons (Fsp3) is 0.278. The van der Waals surface area contributed by atoms with Gasteiger partial charge in [0, 0.05) is 18.7 Å². The van der Waals surface area contributed by atoms with E-state index in [0.29, 0.717) is 24.4 Å². The molecule has 4 nitrogen and oxygen atoms in total. The van der Waals surface area contributed by atoms with Gasteiger partial charge in [0.1, 0.15) is 5.75 Å². The number of nitrogens with one attached hydrogen (secondary N) is 2. The highest BCUT2D eigenvalue weighted by molar-refractivity contribution is 5.92. The first kappa shape index (κ1) is 15.9. The van der Waals surface area contributed by atoms with Gasteiger partial charge in [-0.3, -0.25) is 4.79 Å². The van der Waals surface area contributed by atoms with Crippen LogP contribution < -0.4 is 15.4 Å². The number of benzene rings is 2. The predicted molar refractivity (Wildman–Crippen MR) is 90.6 cm³/mol. The fourth-order valence-electron chi connectivity index (χ4n) is 2.21. The van der Waals surface area contributed by atoms with E-state index in [1.807, 2.05) is 36.4 Å². The molecule has 0 aromatic heterocycles. The maximum absolute atomic E-state index is 12.0. The smallest absolute Gasteiger partial charge is 0.226 e. The Morgan fingerprint density at radius 3 is 2.55 bits per heavy atom. The summed E-state index contributed by atoms with van der Waals surface area (Å²) in [7, 11) is 1.59. The summed E-state index contributed by atoms with van der Waals surface area (Å²) in [4.78, 5) is 12.0. The van der Waals surface area contributed by atoms with Crippen molar-refractivity contribution in [3.63, 3.8) is 0 Å². The van der Waals surface area contributed by atoms with Gasteiger partial charge in [-0.05, 0) is 43.2 Å². The van der Waals surface area contributed by atoms with Crippen molar-refractivity contribution in [1.82, 2.24) is 0 Å². The zero-order valence-corrected chi connectivity index (χ0v) is 13.3. The molecule has 22 heavy (non-hydrogen) atoms. The van der Waals surface area contributed by atoms with Crippen LogP contribution in [0.25, 0.3) is 0 Å². The van der Waals surface area contributed by atoms with Crippen LogP contribution in [0.2, 0.25) is 0 Å². The SMILES string of the molecule is COc1ccccc1NC(=O)CCNc1cccc(C)c1C. The Labute approximate surface area is 131 Å². The molecule has 4 heteroatoms. The van der Waals surface area contributed by atoms with Gasteiger partial charge < -0.3 is 15.4 Å². The van der Waals surface area contributed by atoms with Crippen LogP contribution in [0.3, 0.4) is 0 Å². The van der Waals surface area contributed by atoms with Gasteiger partial charge in [0.05, 0.1) is 12.8 Å². The quantitative estimate of drug-likeness (QED) is 0.854. The zero-order chi connectivity index (χ0) is 15.9. The average Bonchev–Trinajstić information content (AvgIpc) is 2.52. The topological polar surface area (TPSA) is 50.4 Å². The van der Waals surface area contributed by atoms with Crippen LogP contribution in [0.4, 0.5) is 11.4 Å². The largest absolute Gasteiger partial charge is 0.495 e. The summed E-state index contributed by atoms with van der Waals surface area (Å²) in [5, 5.41) is 6.18. The van der Waals surface area contributed by atoms with Crippen molar-refractivity contribution in [2.24, 2.45) is 0 Å². The van der Waals surface area contributed by atoms with Gasteiger partial charge >= 0.3 is 0 Å². The number of carbonyl (C=O) groups excluding carboxylic acids is 1. The van der Waals surface area contributed by atoms with Crippen LogP contribution in [0.5, 0.6) is 5.75 Å². The number of anilines is 2. The molecule has 2 aromatic carbocycles. The van der Waals surface area contributed by atoms with Crippen molar-refractivity contribution >= 4 is 17.3 Å². The fourth-order valence-corrected chi connectivity index (χ4v) is 2.21. The number of aryl methyl sites for hydroxylation is 1. The van der Waals surface area contributed by atoms with E-state index in [1.54, 1.807) is 7.11 Å². The molecule has 0 bridgehead atoms. The van der Waals surface area contributed by atoms with Gasteiger partial charge in [-0.2, -0.15) is 0 Å². The first-order chi connectivity index (χ1) is 10.6. The second-order valence-electron chi connectivity index (χ2n) is 5.17. The number of carbonyl (C=O) groups is 1. The Balaban J connectivity index is 1.87. The van der Waals surface area contributed by atoms with Crippen molar-refractivity contribution < 1.29 is 9.53 Å². The first-order valence-corrected chi connectivity index (χ1v) is 7.34. The minimum Gasteiger partial charge on any atom is -0.495 e. The molecule has 116 valence electrons. The molecule has 0 saturated carbocycles. The summed E-state index contributed by atoms with van der Waals surface area (Å²) in [6.07, 6.45) is 0.394. The van der Waals surface area contributed by atoms with Crippen molar-refractivity contribution in [2.75, 3.05) is 24.3 Å². The lowest BCUT2D eigenvalue weighted by Crippen LogP contribution is -2.17. The number of hydrogen-bond donors (Lipinski definition) is 2. The van der Waals surface area contributed by atoms with E-state index in [9.17, 15) is 4.79 Å². The molecule has 0 unspecified atom stereocenters. The number of ether oxygens (including phenoxy) is 1. The van der Waals surface area contributed by atoms with Crippen LogP contribution in [-0.4, -0.2) is 19.6 Å². The van der Waals surface area contributed by atoms with E-state index >= 15 is 0 Å². The molecule has 0 heterocycles. The molecule has 0 spiro atoms. The monoisotopic (exact) mass is 298 g/mol. The molecule has 2 aromatic rings. The number of rotatable bonds is 6. The van der Waals surface area contributed by atoms with Crippen molar-refractivity contribution in [1.29, 1.82) is 0 Å². The zero-order valence-electron chi connectivity index (χ0n) is 13.3. The molecule has 0 fully saturated rings. The lowest BCUT2D eigenvalue weighted by molar-refractivity contribution is -0.116. The van der Waals surface area contributed by atoms with Crippen LogP contribution in [0.1, 0.15) is 17.5 Å². The van der Waals surface area contributed by atoms with Gasteiger partial charge in [-0.1, -0.05) is 24.3 Å². The first-order valence-electron chi connectivity index (χ1n) is 7.34. The Hall–Kier alpha value is -2.49. The summed E-state index contributed by atoms with van der Waals surface area (Å²) in [5.74, 6) is 0.626. The van der Waals surface area contributed by atoms with Crippen LogP contribution in [0.15, 0.2) is 42.5 Å². The minimum atomic E-state index is -0.0395. The van der Waals surface area contributed by atoms with Crippen molar-refractivity contribution in [2.45, 2.75) is 20.3 Å². The molecule has 0 aliphatic carbocycles. The molecule has 0 aliphatic rings. The maximum Gasteiger partial charge on any atom is 0.226 e. The lowest BCUT2D eigenvalue weighted by atomic mass is 10.1. The predicted octanol–water partition coefficient (Wildman–Crippen LogP) is 3.75. The van der Waals surface area contributed by atoms with Crippen molar-refractivity contribution in [3.8, 4) is 5.75 Å². The van der Waals surface area contributed by atoms with Gasteiger partial charge in [-0.15, -0.1) is 0 Å². The molecule has 1 amide bonds. The van der Waals surface area contributed by atoms with E-state index in [2.05, 4.69) is 30.5 Å². The number of hydrogen-bond acceptors (Lipinski definition) is 3. The van der Waals surface area contributed by atoms with Crippen LogP contribution in [-0.2, 0) is 4.79 Å². The van der Waals surface area contributed by atoms with E-state index in [4.69, 9.17) is 4.74 Å². The highest BCUT2D eigenvalue weighted by atomic mass is 16.5. The summed E-state index contributed by atoms with van der Waals surface area (Å²) in [6.45, 7) is 4.74. The summed E-state index contributed by atoms with van der Waals surface area (Å²) < 4.78 is 5.22. The Kier molecular flexibility index (Phi) is 5.42. The maximum atomic E-state index is 12.0. The van der Waals surface area contributed by atoms with Gasteiger partial charge in [0.15, 0.2) is 0 Å². The molecular weight excluding hydrogens is 276 g/mol. The molecule has 0 aliphatic heterocycles. The normalized spacial score (nSPS) is 10.1. The van der Waals surface area contributed by atoms with E-state index < -0.39 is 0 Å². The third-order valence-corrected chi connectivity index (χ3v) is 3.65. The molecule has 0 radical (unpaired) electrons. The minimum absolute atomic E-state index is 0.0395. The summed E-state index contributed by atoms with van der Waals surface area (Å²) in [6, 6.07) is 13.5. The number of amides is 1. The Morgan fingerprint density at radius 2 is 1.77 bits per heavy atom. The van der Waals surface area contributed by atoms with E-state index in [-0.39, 0.29) is 5.91 Å². The Bertz CT molecular complexity index is 653. The van der Waals surface area contributed by atoms with E-state index in [0.717, 1.165) is 5.69 Å². The van der Waals surface area contributed by atoms with E-state index in [1.165, 1.54) is 11.1 Å². The lowest BCUT2D eigenvalue weighted by Gasteiger charge is -2.12. The Morgan fingerprint density at radius 1 is 1.05 bits per heavy atom. The molecule has 0 atom stereocenters. The third-order valence-electron chi connectivity index (χ3n) is 3.65. The number of methoxy groups -OCH3 is 1.